The molecule has 0 amide bonds. The van der Waals surface area contributed by atoms with Gasteiger partial charge in [0.1, 0.15) is 0 Å². The van der Waals surface area contributed by atoms with Crippen LogP contribution in [-0.2, 0) is 11.3 Å². The molecule has 0 saturated carbocycles. The second-order valence-corrected chi connectivity index (χ2v) is 4.44. The number of benzene rings is 1. The fourth-order valence-corrected chi connectivity index (χ4v) is 1.56. The number of hydrogen-bond acceptors (Lipinski definition) is 3. The Morgan fingerprint density at radius 1 is 1.25 bits per heavy atom. The van der Waals surface area contributed by atoms with E-state index in [2.05, 4.69) is 0 Å². The van der Waals surface area contributed by atoms with Crippen LogP contribution in [0.3, 0.4) is 0 Å². The van der Waals surface area contributed by atoms with Gasteiger partial charge in [0, 0.05) is 13.2 Å². The SMILES string of the molecule is COCc1ccc(C(O)C(N)C(C)C)cc1. The van der Waals surface area contributed by atoms with Crippen molar-refractivity contribution in [2.75, 3.05) is 7.11 Å². The Morgan fingerprint density at radius 2 is 1.81 bits per heavy atom. The number of ether oxygens (including phenoxy) is 1. The second-order valence-electron chi connectivity index (χ2n) is 4.44. The number of rotatable bonds is 5. The van der Waals surface area contributed by atoms with Crippen molar-refractivity contribution in [1.29, 1.82) is 0 Å². The van der Waals surface area contributed by atoms with Crippen molar-refractivity contribution in [3.05, 3.63) is 35.4 Å². The maximum Gasteiger partial charge on any atom is 0.0943 e. The molecule has 2 unspecified atom stereocenters. The summed E-state index contributed by atoms with van der Waals surface area (Å²) in [5, 5.41) is 10.0. The van der Waals surface area contributed by atoms with Gasteiger partial charge in [0.25, 0.3) is 0 Å². The van der Waals surface area contributed by atoms with E-state index in [4.69, 9.17) is 10.5 Å². The fraction of sp³-hybridized carbons (Fsp3) is 0.538. The maximum absolute atomic E-state index is 10.0. The van der Waals surface area contributed by atoms with E-state index in [1.54, 1.807) is 7.11 Å². The molecule has 16 heavy (non-hydrogen) atoms. The van der Waals surface area contributed by atoms with Crippen LogP contribution in [0.1, 0.15) is 31.1 Å². The summed E-state index contributed by atoms with van der Waals surface area (Å²) in [5.74, 6) is 0.258. The lowest BCUT2D eigenvalue weighted by atomic mass is 9.94. The normalized spacial score (nSPS) is 15.1. The van der Waals surface area contributed by atoms with Crippen LogP contribution in [0.2, 0.25) is 0 Å². The van der Waals surface area contributed by atoms with E-state index in [1.165, 1.54) is 0 Å². The fourth-order valence-electron chi connectivity index (χ4n) is 1.56. The lowest BCUT2D eigenvalue weighted by Gasteiger charge is -2.22. The molecule has 1 rings (SSSR count). The summed E-state index contributed by atoms with van der Waals surface area (Å²) in [6.45, 7) is 4.60. The van der Waals surface area contributed by atoms with Crippen molar-refractivity contribution in [1.82, 2.24) is 0 Å². The van der Waals surface area contributed by atoms with Crippen LogP contribution in [-0.4, -0.2) is 18.3 Å². The lowest BCUT2D eigenvalue weighted by molar-refractivity contribution is 0.125. The van der Waals surface area contributed by atoms with Gasteiger partial charge in [0.05, 0.1) is 12.7 Å². The molecule has 0 aliphatic rings. The highest BCUT2D eigenvalue weighted by atomic mass is 16.5. The number of aliphatic hydroxyl groups excluding tert-OH is 1. The number of hydrogen-bond donors (Lipinski definition) is 2. The van der Waals surface area contributed by atoms with Crippen molar-refractivity contribution in [3.8, 4) is 0 Å². The monoisotopic (exact) mass is 223 g/mol. The van der Waals surface area contributed by atoms with Crippen LogP contribution in [0.15, 0.2) is 24.3 Å². The van der Waals surface area contributed by atoms with E-state index in [0.29, 0.717) is 6.61 Å². The zero-order chi connectivity index (χ0) is 12.1. The minimum atomic E-state index is -0.600. The largest absolute Gasteiger partial charge is 0.387 e. The highest BCUT2D eigenvalue weighted by Crippen LogP contribution is 2.20. The van der Waals surface area contributed by atoms with Crippen LogP contribution in [0.5, 0.6) is 0 Å². The number of methoxy groups -OCH3 is 1. The summed E-state index contributed by atoms with van der Waals surface area (Å²) in [4.78, 5) is 0. The topological polar surface area (TPSA) is 55.5 Å². The van der Waals surface area contributed by atoms with E-state index in [1.807, 2.05) is 38.1 Å². The van der Waals surface area contributed by atoms with Crippen LogP contribution < -0.4 is 5.73 Å². The molecule has 2 atom stereocenters. The average molecular weight is 223 g/mol. The molecule has 90 valence electrons. The smallest absolute Gasteiger partial charge is 0.0943 e. The highest BCUT2D eigenvalue weighted by molar-refractivity contribution is 5.24. The Morgan fingerprint density at radius 3 is 2.25 bits per heavy atom. The van der Waals surface area contributed by atoms with Crippen molar-refractivity contribution in [2.24, 2.45) is 11.7 Å². The van der Waals surface area contributed by atoms with E-state index >= 15 is 0 Å². The van der Waals surface area contributed by atoms with E-state index in [9.17, 15) is 5.11 Å². The predicted molar refractivity (Wildman–Crippen MR) is 64.9 cm³/mol. The predicted octanol–water partition coefficient (Wildman–Crippen LogP) is 1.85. The molecule has 1 aromatic carbocycles. The minimum Gasteiger partial charge on any atom is -0.387 e. The maximum atomic E-state index is 10.0. The van der Waals surface area contributed by atoms with Gasteiger partial charge < -0.3 is 15.6 Å². The molecule has 0 spiro atoms. The standard InChI is InChI=1S/C13H21NO2/c1-9(2)12(14)13(15)11-6-4-10(5-7-11)8-16-3/h4-7,9,12-13,15H,8,14H2,1-3H3. The Kier molecular flexibility index (Phi) is 4.93. The molecular formula is C13H21NO2. The minimum absolute atomic E-state index is 0.228. The van der Waals surface area contributed by atoms with Gasteiger partial charge in [-0.2, -0.15) is 0 Å². The molecule has 0 aliphatic heterocycles. The van der Waals surface area contributed by atoms with Crippen LogP contribution in [0.25, 0.3) is 0 Å². The third-order valence-corrected chi connectivity index (χ3v) is 2.77. The summed E-state index contributed by atoms with van der Waals surface area (Å²) in [7, 11) is 1.66. The summed E-state index contributed by atoms with van der Waals surface area (Å²) < 4.78 is 5.03. The van der Waals surface area contributed by atoms with Gasteiger partial charge in [-0.1, -0.05) is 38.1 Å². The summed E-state index contributed by atoms with van der Waals surface area (Å²) in [6.07, 6.45) is -0.600. The molecule has 0 bridgehead atoms. The first-order valence-electron chi connectivity index (χ1n) is 5.57. The molecule has 3 N–H and O–H groups in total. The number of aliphatic hydroxyl groups is 1. The molecule has 3 heteroatoms. The molecule has 0 radical (unpaired) electrons. The van der Waals surface area contributed by atoms with Crippen LogP contribution >= 0.6 is 0 Å². The summed E-state index contributed by atoms with van der Waals surface area (Å²) in [5.41, 5.74) is 7.87. The van der Waals surface area contributed by atoms with Gasteiger partial charge in [-0.15, -0.1) is 0 Å². The van der Waals surface area contributed by atoms with Crippen LogP contribution in [0, 0.1) is 5.92 Å². The molecule has 0 heterocycles. The second kappa shape index (κ2) is 5.99. The average Bonchev–Trinajstić information content (AvgIpc) is 2.28. The van der Waals surface area contributed by atoms with Crippen LogP contribution in [0.4, 0.5) is 0 Å². The highest BCUT2D eigenvalue weighted by Gasteiger charge is 2.19. The first-order chi connectivity index (χ1) is 7.56. The van der Waals surface area contributed by atoms with Crippen molar-refractivity contribution >= 4 is 0 Å². The molecule has 0 fully saturated rings. The summed E-state index contributed by atoms with van der Waals surface area (Å²) in [6, 6.07) is 7.49. The zero-order valence-corrected chi connectivity index (χ0v) is 10.2. The first-order valence-corrected chi connectivity index (χ1v) is 5.57. The van der Waals surface area contributed by atoms with Gasteiger partial charge in [0.15, 0.2) is 0 Å². The molecule has 0 aromatic heterocycles. The lowest BCUT2D eigenvalue weighted by Crippen LogP contribution is -2.33. The van der Waals surface area contributed by atoms with Gasteiger partial charge in [0.2, 0.25) is 0 Å². The van der Waals surface area contributed by atoms with Gasteiger partial charge in [-0.3, -0.25) is 0 Å². The molecule has 3 nitrogen and oxygen atoms in total. The van der Waals surface area contributed by atoms with Gasteiger partial charge >= 0.3 is 0 Å². The van der Waals surface area contributed by atoms with Crippen molar-refractivity contribution < 1.29 is 9.84 Å². The van der Waals surface area contributed by atoms with Crippen molar-refractivity contribution in [2.45, 2.75) is 32.6 Å². The van der Waals surface area contributed by atoms with Gasteiger partial charge in [-0.05, 0) is 17.0 Å². The van der Waals surface area contributed by atoms with Crippen molar-refractivity contribution in [3.63, 3.8) is 0 Å². The third-order valence-electron chi connectivity index (χ3n) is 2.77. The zero-order valence-electron chi connectivity index (χ0n) is 10.2. The Labute approximate surface area is 97.2 Å². The Balaban J connectivity index is 2.73. The van der Waals surface area contributed by atoms with E-state index in [0.717, 1.165) is 11.1 Å². The Hall–Kier alpha value is -0.900. The first kappa shape index (κ1) is 13.2. The molecule has 0 aliphatic carbocycles. The van der Waals surface area contributed by atoms with Gasteiger partial charge in [-0.25, -0.2) is 0 Å². The van der Waals surface area contributed by atoms with E-state index in [-0.39, 0.29) is 12.0 Å². The summed E-state index contributed by atoms with van der Waals surface area (Å²) >= 11 is 0. The molecule has 0 saturated heterocycles. The quantitative estimate of drug-likeness (QED) is 0.801. The third kappa shape index (κ3) is 3.30. The molecular weight excluding hydrogens is 202 g/mol. The Bertz CT molecular complexity index is 308. The molecule has 1 aromatic rings. The number of nitrogens with two attached hydrogens (primary N) is 1. The van der Waals surface area contributed by atoms with E-state index < -0.39 is 6.10 Å².